The number of benzene rings is 1. The summed E-state index contributed by atoms with van der Waals surface area (Å²) in [5.74, 6) is 0.112. The second kappa shape index (κ2) is 8.71. The van der Waals surface area contributed by atoms with Gasteiger partial charge in [-0.1, -0.05) is 43.3 Å². The number of aryl methyl sites for hydroxylation is 2. The van der Waals surface area contributed by atoms with Crippen LogP contribution in [0.1, 0.15) is 30.9 Å². The molecule has 0 aliphatic carbocycles. The highest BCUT2D eigenvalue weighted by Crippen LogP contribution is 2.23. The van der Waals surface area contributed by atoms with Gasteiger partial charge in [0.05, 0.1) is 11.3 Å². The van der Waals surface area contributed by atoms with Gasteiger partial charge in [0, 0.05) is 12.2 Å². The highest BCUT2D eigenvalue weighted by atomic mass is 32.2. The van der Waals surface area contributed by atoms with Gasteiger partial charge in [0.2, 0.25) is 5.91 Å². The summed E-state index contributed by atoms with van der Waals surface area (Å²) in [4.78, 5) is 29.8. The van der Waals surface area contributed by atoms with E-state index in [4.69, 9.17) is 0 Å². The molecule has 0 radical (unpaired) electrons. The predicted molar refractivity (Wildman–Crippen MR) is 114 cm³/mol. The van der Waals surface area contributed by atoms with E-state index in [0.29, 0.717) is 21.9 Å². The van der Waals surface area contributed by atoms with Gasteiger partial charge in [-0.2, -0.15) is 0 Å². The van der Waals surface area contributed by atoms with Crippen LogP contribution in [-0.4, -0.2) is 21.2 Å². The molecule has 0 saturated heterocycles. The van der Waals surface area contributed by atoms with Crippen LogP contribution in [0.3, 0.4) is 0 Å². The van der Waals surface area contributed by atoms with Crippen molar-refractivity contribution in [3.8, 4) is 0 Å². The summed E-state index contributed by atoms with van der Waals surface area (Å²) in [5, 5.41) is 5.47. The summed E-state index contributed by atoms with van der Waals surface area (Å²) in [6, 6.07) is 7.78. The van der Waals surface area contributed by atoms with Crippen LogP contribution >= 0.6 is 23.1 Å². The fourth-order valence-electron chi connectivity index (χ4n) is 2.86. The number of amides is 1. The third-order valence-corrected chi connectivity index (χ3v) is 6.21. The molecule has 3 aromatic rings. The van der Waals surface area contributed by atoms with Gasteiger partial charge in [-0.15, -0.1) is 11.3 Å². The first-order valence-electron chi connectivity index (χ1n) is 8.98. The average molecular weight is 402 g/mol. The lowest BCUT2D eigenvalue weighted by Crippen LogP contribution is -2.23. The number of aromatic nitrogens is 2. The molecule has 0 fully saturated rings. The van der Waals surface area contributed by atoms with E-state index >= 15 is 0 Å². The van der Waals surface area contributed by atoms with Crippen LogP contribution < -0.4 is 10.9 Å². The van der Waals surface area contributed by atoms with E-state index in [1.807, 2.05) is 43.5 Å². The maximum Gasteiger partial charge on any atom is 0.272 e. The van der Waals surface area contributed by atoms with Gasteiger partial charge in [-0.25, -0.2) is 4.98 Å². The summed E-state index contributed by atoms with van der Waals surface area (Å²) in [7, 11) is 0. The van der Waals surface area contributed by atoms with Crippen molar-refractivity contribution in [2.24, 2.45) is 0 Å². The topological polar surface area (TPSA) is 64.0 Å². The molecule has 142 valence electrons. The maximum absolute atomic E-state index is 12.8. The number of carbonyl (C=O) groups is 1. The van der Waals surface area contributed by atoms with Gasteiger partial charge in [0.25, 0.3) is 5.56 Å². The number of nitrogens with zero attached hydrogens (tertiary/aromatic N) is 2. The van der Waals surface area contributed by atoms with Crippen LogP contribution in [0.5, 0.6) is 0 Å². The molecule has 0 unspecified atom stereocenters. The van der Waals surface area contributed by atoms with Crippen molar-refractivity contribution in [3.63, 3.8) is 0 Å². The Labute approximate surface area is 166 Å². The first-order valence-corrected chi connectivity index (χ1v) is 10.8. The summed E-state index contributed by atoms with van der Waals surface area (Å²) >= 11 is 2.73. The van der Waals surface area contributed by atoms with Crippen molar-refractivity contribution < 1.29 is 4.79 Å². The van der Waals surface area contributed by atoms with Crippen molar-refractivity contribution in [2.75, 3.05) is 11.1 Å². The largest absolute Gasteiger partial charge is 0.325 e. The molecule has 0 aliphatic heterocycles. The smallest absolute Gasteiger partial charge is 0.272 e. The molecule has 2 heterocycles. The Morgan fingerprint density at radius 2 is 2.00 bits per heavy atom. The average Bonchev–Trinajstić information content (AvgIpc) is 3.11. The van der Waals surface area contributed by atoms with Crippen LogP contribution in [0, 0.1) is 13.8 Å². The second-order valence-corrected chi connectivity index (χ2v) is 8.30. The van der Waals surface area contributed by atoms with E-state index in [2.05, 4.69) is 17.2 Å². The summed E-state index contributed by atoms with van der Waals surface area (Å²) in [6.45, 7) is 6.67. The Morgan fingerprint density at radius 3 is 2.70 bits per heavy atom. The SMILES string of the molecule is CCCCn1c(SCC(=O)Nc2c(C)cccc2C)nc2ccsc2c1=O. The third-order valence-electron chi connectivity index (χ3n) is 4.34. The quantitative estimate of drug-likeness (QED) is 0.464. The lowest BCUT2D eigenvalue weighted by atomic mass is 10.1. The minimum atomic E-state index is -0.0980. The number of fused-ring (bicyclic) bond motifs is 1. The molecule has 0 atom stereocenters. The number of hydrogen-bond acceptors (Lipinski definition) is 5. The van der Waals surface area contributed by atoms with Crippen LogP contribution in [0.15, 0.2) is 39.6 Å². The van der Waals surface area contributed by atoms with Gasteiger partial charge >= 0.3 is 0 Å². The molecule has 2 aromatic heterocycles. The van der Waals surface area contributed by atoms with Crippen LogP contribution in [-0.2, 0) is 11.3 Å². The molecule has 1 aromatic carbocycles. The number of thiophene rings is 1. The highest BCUT2D eigenvalue weighted by Gasteiger charge is 2.14. The van der Waals surface area contributed by atoms with Gasteiger partial charge in [-0.05, 0) is 42.8 Å². The fraction of sp³-hybridized carbons (Fsp3) is 0.350. The van der Waals surface area contributed by atoms with E-state index in [0.717, 1.165) is 29.7 Å². The van der Waals surface area contributed by atoms with Crippen molar-refractivity contribution in [1.29, 1.82) is 0 Å². The molecule has 5 nitrogen and oxygen atoms in total. The molecular formula is C20H23N3O2S2. The molecule has 27 heavy (non-hydrogen) atoms. The summed E-state index contributed by atoms with van der Waals surface area (Å²) in [5.41, 5.74) is 3.61. The van der Waals surface area contributed by atoms with E-state index in [1.54, 1.807) is 4.57 Å². The molecule has 1 amide bonds. The van der Waals surface area contributed by atoms with Gasteiger partial charge in [-0.3, -0.25) is 14.2 Å². The lowest BCUT2D eigenvalue weighted by Gasteiger charge is -2.13. The van der Waals surface area contributed by atoms with Crippen LogP contribution in [0.25, 0.3) is 10.2 Å². The number of para-hydroxylation sites is 1. The molecule has 0 bridgehead atoms. The number of rotatable bonds is 7. The Hall–Kier alpha value is -2.12. The summed E-state index contributed by atoms with van der Waals surface area (Å²) < 4.78 is 2.38. The van der Waals surface area contributed by atoms with Crippen molar-refractivity contribution in [1.82, 2.24) is 9.55 Å². The van der Waals surface area contributed by atoms with Crippen LogP contribution in [0.2, 0.25) is 0 Å². The van der Waals surface area contributed by atoms with Crippen molar-refractivity contribution in [2.45, 2.75) is 45.3 Å². The Bertz CT molecular complexity index is 1000. The Balaban J connectivity index is 1.79. The molecule has 1 N–H and O–H groups in total. The Morgan fingerprint density at radius 1 is 1.26 bits per heavy atom. The number of carbonyl (C=O) groups excluding carboxylic acids is 1. The normalized spacial score (nSPS) is 11.1. The monoisotopic (exact) mass is 401 g/mol. The molecule has 3 rings (SSSR count). The molecular weight excluding hydrogens is 378 g/mol. The maximum atomic E-state index is 12.8. The van der Waals surface area contributed by atoms with E-state index in [1.165, 1.54) is 23.1 Å². The summed E-state index contributed by atoms with van der Waals surface area (Å²) in [6.07, 6.45) is 1.90. The first-order chi connectivity index (χ1) is 13.0. The second-order valence-electron chi connectivity index (χ2n) is 6.44. The molecule has 0 aliphatic rings. The van der Waals surface area contributed by atoms with Gasteiger partial charge < -0.3 is 5.32 Å². The van der Waals surface area contributed by atoms with E-state index in [-0.39, 0.29) is 17.2 Å². The van der Waals surface area contributed by atoms with Crippen molar-refractivity contribution in [3.05, 3.63) is 51.1 Å². The zero-order valence-corrected chi connectivity index (χ0v) is 17.4. The number of hydrogen-bond donors (Lipinski definition) is 1. The zero-order valence-electron chi connectivity index (χ0n) is 15.7. The number of anilines is 1. The minimum absolute atomic E-state index is 0.0129. The molecule has 7 heteroatoms. The molecule has 0 saturated carbocycles. The fourth-order valence-corrected chi connectivity index (χ4v) is 4.47. The minimum Gasteiger partial charge on any atom is -0.325 e. The number of thioether (sulfide) groups is 1. The standard InChI is InChI=1S/C20H23N3O2S2/c1-4-5-10-23-19(25)18-15(9-11-26-18)21-20(23)27-12-16(24)22-17-13(2)7-6-8-14(17)3/h6-9,11H,4-5,10,12H2,1-3H3,(H,22,24). The lowest BCUT2D eigenvalue weighted by molar-refractivity contribution is -0.113. The van der Waals surface area contributed by atoms with E-state index < -0.39 is 0 Å². The number of unbranched alkanes of at least 4 members (excludes halogenated alkanes) is 1. The van der Waals surface area contributed by atoms with Gasteiger partial charge in [0.1, 0.15) is 4.70 Å². The highest BCUT2D eigenvalue weighted by molar-refractivity contribution is 7.99. The van der Waals surface area contributed by atoms with E-state index in [9.17, 15) is 9.59 Å². The zero-order chi connectivity index (χ0) is 19.4. The van der Waals surface area contributed by atoms with Gasteiger partial charge in [0.15, 0.2) is 5.16 Å². The Kier molecular flexibility index (Phi) is 6.34. The molecule has 0 spiro atoms. The third kappa shape index (κ3) is 4.42. The van der Waals surface area contributed by atoms with Crippen molar-refractivity contribution >= 4 is 44.9 Å². The van der Waals surface area contributed by atoms with Crippen LogP contribution in [0.4, 0.5) is 5.69 Å². The first kappa shape index (κ1) is 19.6. The number of nitrogens with one attached hydrogen (secondary N) is 1. The predicted octanol–water partition coefficient (Wildman–Crippen LogP) is 4.61.